The van der Waals surface area contributed by atoms with Gasteiger partial charge in [-0.25, -0.2) is 4.79 Å². The maximum atomic E-state index is 13.5. The van der Waals surface area contributed by atoms with E-state index in [0.717, 1.165) is 11.1 Å². The molecule has 7 heteroatoms. The molecule has 4 rings (SSSR count). The highest BCUT2D eigenvalue weighted by Crippen LogP contribution is 2.31. The van der Waals surface area contributed by atoms with Crippen LogP contribution in [0.2, 0.25) is 5.02 Å². The number of esters is 1. The first-order valence-electron chi connectivity index (χ1n) is 11.3. The summed E-state index contributed by atoms with van der Waals surface area (Å²) in [6.07, 6.45) is -0.794. The van der Waals surface area contributed by atoms with Gasteiger partial charge in [0.1, 0.15) is 5.69 Å². The summed E-state index contributed by atoms with van der Waals surface area (Å²) >= 11 is 5.91. The fourth-order valence-corrected chi connectivity index (χ4v) is 4.11. The molecule has 0 aliphatic carbocycles. The summed E-state index contributed by atoms with van der Waals surface area (Å²) in [5, 5.41) is 4.42. The van der Waals surface area contributed by atoms with Crippen LogP contribution in [-0.2, 0) is 16.6 Å². The lowest BCUT2D eigenvalue weighted by atomic mass is 9.96. The van der Waals surface area contributed by atoms with Crippen molar-refractivity contribution in [2.45, 2.75) is 26.4 Å². The molecule has 1 N–H and O–H groups in total. The van der Waals surface area contributed by atoms with Crippen LogP contribution >= 0.6 is 11.6 Å². The van der Waals surface area contributed by atoms with Gasteiger partial charge >= 0.3 is 5.97 Å². The second-order valence-electron chi connectivity index (χ2n) is 8.30. The molecule has 0 spiro atoms. The number of amides is 1. The van der Waals surface area contributed by atoms with E-state index in [1.165, 1.54) is 11.6 Å². The first-order valence-corrected chi connectivity index (χ1v) is 11.6. The molecule has 4 aromatic rings. The highest BCUT2D eigenvalue weighted by Gasteiger charge is 2.27. The minimum absolute atomic E-state index is 0.0929. The van der Waals surface area contributed by atoms with Gasteiger partial charge < -0.3 is 14.6 Å². The second-order valence-corrected chi connectivity index (χ2v) is 8.73. The van der Waals surface area contributed by atoms with Crippen LogP contribution in [0.5, 0.6) is 0 Å². The summed E-state index contributed by atoms with van der Waals surface area (Å²) in [6.45, 7) is 3.72. The second kappa shape index (κ2) is 10.2. The van der Waals surface area contributed by atoms with Crippen LogP contribution in [0, 0.1) is 6.92 Å². The van der Waals surface area contributed by atoms with Crippen molar-refractivity contribution in [1.29, 1.82) is 0 Å². The third-order valence-electron chi connectivity index (χ3n) is 5.86. The van der Waals surface area contributed by atoms with E-state index >= 15 is 0 Å². The minimum Gasteiger partial charge on any atom is -0.448 e. The zero-order chi connectivity index (χ0) is 25.1. The average molecular weight is 489 g/mol. The van der Waals surface area contributed by atoms with Crippen LogP contribution in [0.3, 0.4) is 0 Å². The van der Waals surface area contributed by atoms with Crippen LogP contribution in [-0.4, -0.2) is 22.5 Å². The Morgan fingerprint density at radius 1 is 0.971 bits per heavy atom. The molecule has 0 saturated carbocycles. The summed E-state index contributed by atoms with van der Waals surface area (Å²) in [5.41, 5.74) is 2.73. The molecule has 35 heavy (non-hydrogen) atoms. The Balaban J connectivity index is 1.75. The van der Waals surface area contributed by atoms with Crippen LogP contribution in [0.25, 0.3) is 21.9 Å². The number of aryl methyl sites for hydroxylation is 1. The van der Waals surface area contributed by atoms with Crippen molar-refractivity contribution in [2.75, 3.05) is 5.32 Å². The Kier molecular flexibility index (Phi) is 7.03. The average Bonchev–Trinajstić information content (AvgIpc) is 2.86. The monoisotopic (exact) mass is 488 g/mol. The lowest BCUT2D eigenvalue weighted by molar-refractivity contribution is -0.124. The Morgan fingerprint density at radius 2 is 1.60 bits per heavy atom. The fraction of sp³-hybridized carbons (Fsp3) is 0.179. The summed E-state index contributed by atoms with van der Waals surface area (Å²) in [5.74, 6) is -1.21. The van der Waals surface area contributed by atoms with Gasteiger partial charge in [0.2, 0.25) is 0 Å². The molecular weight excluding hydrogens is 464 g/mol. The van der Waals surface area contributed by atoms with Crippen LogP contribution in [0.15, 0.2) is 77.6 Å². The summed E-state index contributed by atoms with van der Waals surface area (Å²) in [7, 11) is 1.54. The molecule has 1 unspecified atom stereocenters. The molecule has 1 amide bonds. The number of halogens is 1. The minimum atomic E-state index is -1.05. The number of nitrogens with one attached hydrogen (secondary N) is 1. The molecule has 1 atom stereocenters. The van der Waals surface area contributed by atoms with Gasteiger partial charge in [-0.3, -0.25) is 9.59 Å². The van der Waals surface area contributed by atoms with Gasteiger partial charge in [-0.05, 0) is 54.6 Å². The number of carbonyl (C=O) groups excluding carboxylic acids is 2. The van der Waals surface area contributed by atoms with Gasteiger partial charge in [-0.15, -0.1) is 0 Å². The van der Waals surface area contributed by atoms with E-state index in [1.807, 2.05) is 43.3 Å². The molecule has 178 valence electrons. The van der Waals surface area contributed by atoms with Crippen molar-refractivity contribution in [3.63, 3.8) is 0 Å². The van der Waals surface area contributed by atoms with Crippen molar-refractivity contribution < 1.29 is 14.3 Å². The number of nitrogens with zero attached hydrogens (tertiary/aromatic N) is 1. The number of rotatable bonds is 6. The number of hydrogen-bond acceptors (Lipinski definition) is 4. The molecule has 0 radical (unpaired) electrons. The molecular formula is C28H25ClN2O4. The van der Waals surface area contributed by atoms with E-state index < -0.39 is 18.0 Å². The van der Waals surface area contributed by atoms with E-state index in [0.29, 0.717) is 27.0 Å². The zero-order valence-corrected chi connectivity index (χ0v) is 20.4. The molecule has 0 aliphatic heterocycles. The third kappa shape index (κ3) is 4.98. The molecule has 0 aliphatic rings. The van der Waals surface area contributed by atoms with Gasteiger partial charge in [0.05, 0.1) is 0 Å². The Labute approximate surface area is 208 Å². The smallest absolute Gasteiger partial charge is 0.356 e. The molecule has 1 aromatic heterocycles. The summed E-state index contributed by atoms with van der Waals surface area (Å²) < 4.78 is 6.97. The zero-order valence-electron chi connectivity index (χ0n) is 19.7. The largest absolute Gasteiger partial charge is 0.448 e. The highest BCUT2D eigenvalue weighted by atomic mass is 35.5. The fourth-order valence-electron chi connectivity index (χ4n) is 3.98. The number of aromatic nitrogens is 1. The molecule has 6 nitrogen and oxygen atoms in total. The van der Waals surface area contributed by atoms with Crippen molar-refractivity contribution in [3.05, 3.63) is 99.4 Å². The Morgan fingerprint density at radius 3 is 2.23 bits per heavy atom. The number of hydrogen-bond donors (Lipinski definition) is 1. The topological polar surface area (TPSA) is 77.4 Å². The number of anilines is 1. The van der Waals surface area contributed by atoms with E-state index in [-0.39, 0.29) is 17.7 Å². The Hall–Kier alpha value is -3.90. The van der Waals surface area contributed by atoms with Crippen molar-refractivity contribution in [3.8, 4) is 11.1 Å². The van der Waals surface area contributed by atoms with Crippen molar-refractivity contribution >= 4 is 39.9 Å². The van der Waals surface area contributed by atoms with Crippen LogP contribution in [0.4, 0.5) is 5.69 Å². The standard InChI is InChI=1S/C28H25ClN2O4/c1-4-23(26(32)30-20-15-13-19(29)14-16-20)35-28(34)25-24(18-11-9-17(2)10-12-18)21-7-5-6-8-22(21)27(33)31(25)3/h5-16,23H,4H2,1-3H3,(H,30,32). The quantitative estimate of drug-likeness (QED) is 0.351. The van der Waals surface area contributed by atoms with E-state index in [2.05, 4.69) is 5.32 Å². The SMILES string of the molecule is CCC(OC(=O)c1c(-c2ccc(C)cc2)c2ccccc2c(=O)n1C)C(=O)Nc1ccc(Cl)cc1. The van der Waals surface area contributed by atoms with Gasteiger partial charge in [0.25, 0.3) is 11.5 Å². The highest BCUT2D eigenvalue weighted by molar-refractivity contribution is 6.30. The number of fused-ring (bicyclic) bond motifs is 1. The third-order valence-corrected chi connectivity index (χ3v) is 6.11. The number of pyridine rings is 1. The van der Waals surface area contributed by atoms with Gasteiger partial charge in [0.15, 0.2) is 6.10 Å². The predicted molar refractivity (Wildman–Crippen MR) is 139 cm³/mol. The van der Waals surface area contributed by atoms with Crippen LogP contribution < -0.4 is 10.9 Å². The van der Waals surface area contributed by atoms with E-state index in [1.54, 1.807) is 43.3 Å². The van der Waals surface area contributed by atoms with Crippen molar-refractivity contribution in [2.24, 2.45) is 7.05 Å². The van der Waals surface area contributed by atoms with Gasteiger partial charge in [0, 0.05) is 28.7 Å². The number of carbonyl (C=O) groups is 2. The summed E-state index contributed by atoms with van der Waals surface area (Å²) in [6, 6.07) is 21.5. The molecule has 3 aromatic carbocycles. The molecule has 0 bridgehead atoms. The molecule has 0 saturated heterocycles. The first-order chi connectivity index (χ1) is 16.8. The van der Waals surface area contributed by atoms with Gasteiger partial charge in [-0.1, -0.05) is 66.6 Å². The Bertz CT molecular complexity index is 1460. The predicted octanol–water partition coefficient (Wildman–Crippen LogP) is 5.74. The normalized spacial score (nSPS) is 11.8. The maximum absolute atomic E-state index is 13.5. The van der Waals surface area contributed by atoms with Crippen molar-refractivity contribution in [1.82, 2.24) is 4.57 Å². The number of benzene rings is 3. The lowest BCUT2D eigenvalue weighted by Gasteiger charge is -2.20. The summed E-state index contributed by atoms with van der Waals surface area (Å²) in [4.78, 5) is 39.5. The van der Waals surface area contributed by atoms with Crippen LogP contribution in [0.1, 0.15) is 29.4 Å². The van der Waals surface area contributed by atoms with Gasteiger partial charge in [-0.2, -0.15) is 0 Å². The lowest BCUT2D eigenvalue weighted by Crippen LogP contribution is -2.34. The first kappa shape index (κ1) is 24.2. The van der Waals surface area contributed by atoms with E-state index in [9.17, 15) is 14.4 Å². The maximum Gasteiger partial charge on any atom is 0.356 e. The molecule has 0 fully saturated rings. The van der Waals surface area contributed by atoms with E-state index in [4.69, 9.17) is 16.3 Å². The molecule has 1 heterocycles. The number of ether oxygens (including phenoxy) is 1.